The molecule has 2 aromatic carbocycles. The summed E-state index contributed by atoms with van der Waals surface area (Å²) < 4.78 is 11.1. The summed E-state index contributed by atoms with van der Waals surface area (Å²) in [5.41, 5.74) is 1.73. The molecular formula is C16H13BrO4. The summed E-state index contributed by atoms with van der Waals surface area (Å²) in [6, 6.07) is 10.2. The van der Waals surface area contributed by atoms with Crippen LogP contribution >= 0.6 is 15.9 Å². The number of halogens is 1. The van der Waals surface area contributed by atoms with Gasteiger partial charge in [0.2, 0.25) is 0 Å². The number of rotatable bonds is 4. The van der Waals surface area contributed by atoms with Gasteiger partial charge >= 0.3 is 5.97 Å². The summed E-state index contributed by atoms with van der Waals surface area (Å²) in [4.78, 5) is 22.6. The average Bonchev–Trinajstić information content (AvgIpc) is 2.51. The van der Waals surface area contributed by atoms with Crippen LogP contribution in [0.25, 0.3) is 0 Å². The molecule has 0 atom stereocenters. The standard InChI is InChI=1S/C16H13BrO4/c1-10-3-8-14(17)13(9-18)15(10)21-12-6-4-11(5-7-12)16(19)20-2/h3-9H,1-2H3. The fourth-order valence-electron chi connectivity index (χ4n) is 1.82. The van der Waals surface area contributed by atoms with E-state index in [9.17, 15) is 9.59 Å². The molecule has 108 valence electrons. The highest BCUT2D eigenvalue weighted by Crippen LogP contribution is 2.32. The number of aldehydes is 1. The van der Waals surface area contributed by atoms with Crippen molar-refractivity contribution in [1.82, 2.24) is 0 Å². The second kappa shape index (κ2) is 6.54. The van der Waals surface area contributed by atoms with Crippen molar-refractivity contribution in [1.29, 1.82) is 0 Å². The molecule has 0 saturated carbocycles. The summed E-state index contributed by atoms with van der Waals surface area (Å²) in [6.07, 6.45) is 0.745. The van der Waals surface area contributed by atoms with Gasteiger partial charge in [-0.3, -0.25) is 4.79 Å². The second-order valence-electron chi connectivity index (χ2n) is 4.34. The number of carbonyl (C=O) groups is 2. The molecule has 0 N–H and O–H groups in total. The molecule has 2 aromatic rings. The first-order valence-corrected chi connectivity index (χ1v) is 6.96. The maximum atomic E-state index is 11.4. The van der Waals surface area contributed by atoms with E-state index in [0.29, 0.717) is 27.1 Å². The zero-order valence-electron chi connectivity index (χ0n) is 11.6. The van der Waals surface area contributed by atoms with E-state index < -0.39 is 5.97 Å². The molecular weight excluding hydrogens is 336 g/mol. The highest BCUT2D eigenvalue weighted by molar-refractivity contribution is 9.10. The number of hydrogen-bond donors (Lipinski definition) is 0. The summed E-state index contributed by atoms with van der Waals surface area (Å²) in [5, 5.41) is 0. The lowest BCUT2D eigenvalue weighted by atomic mass is 10.1. The van der Waals surface area contributed by atoms with Crippen LogP contribution in [0.3, 0.4) is 0 Å². The third-order valence-corrected chi connectivity index (χ3v) is 3.64. The quantitative estimate of drug-likeness (QED) is 0.615. The van der Waals surface area contributed by atoms with Crippen molar-refractivity contribution in [3.8, 4) is 11.5 Å². The van der Waals surface area contributed by atoms with Crippen molar-refractivity contribution in [2.24, 2.45) is 0 Å². The topological polar surface area (TPSA) is 52.6 Å². The summed E-state index contributed by atoms with van der Waals surface area (Å²) in [6.45, 7) is 1.86. The number of carbonyl (C=O) groups excluding carboxylic acids is 2. The third-order valence-electron chi connectivity index (χ3n) is 2.95. The Labute approximate surface area is 130 Å². The summed E-state index contributed by atoms with van der Waals surface area (Å²) in [7, 11) is 1.33. The van der Waals surface area contributed by atoms with Crippen LogP contribution in [0.1, 0.15) is 26.3 Å². The van der Waals surface area contributed by atoms with Crippen LogP contribution in [-0.2, 0) is 4.74 Å². The Morgan fingerprint density at radius 3 is 2.38 bits per heavy atom. The minimum absolute atomic E-state index is 0.409. The Bertz CT molecular complexity index is 677. The minimum atomic E-state index is -0.409. The van der Waals surface area contributed by atoms with Gasteiger partial charge < -0.3 is 9.47 Å². The number of esters is 1. The Hall–Kier alpha value is -2.14. The molecule has 0 unspecified atom stereocenters. The first kappa shape index (κ1) is 15.3. The molecule has 4 nitrogen and oxygen atoms in total. The number of aryl methyl sites for hydroxylation is 1. The number of methoxy groups -OCH3 is 1. The first-order valence-electron chi connectivity index (χ1n) is 6.17. The predicted molar refractivity (Wildman–Crippen MR) is 82.1 cm³/mol. The van der Waals surface area contributed by atoms with E-state index in [1.165, 1.54) is 7.11 Å². The molecule has 21 heavy (non-hydrogen) atoms. The SMILES string of the molecule is COC(=O)c1ccc(Oc2c(C)ccc(Br)c2C=O)cc1. The van der Waals surface area contributed by atoms with Crippen LogP contribution in [0, 0.1) is 6.92 Å². The molecule has 0 aliphatic heterocycles. The van der Waals surface area contributed by atoms with Gasteiger partial charge in [-0.2, -0.15) is 0 Å². The van der Waals surface area contributed by atoms with Crippen molar-refractivity contribution >= 4 is 28.2 Å². The van der Waals surface area contributed by atoms with Crippen LogP contribution < -0.4 is 4.74 Å². The van der Waals surface area contributed by atoms with Crippen LogP contribution in [-0.4, -0.2) is 19.4 Å². The van der Waals surface area contributed by atoms with Crippen LogP contribution in [0.5, 0.6) is 11.5 Å². The van der Waals surface area contributed by atoms with E-state index in [0.717, 1.165) is 11.8 Å². The highest BCUT2D eigenvalue weighted by atomic mass is 79.9. The van der Waals surface area contributed by atoms with Gasteiger partial charge in [-0.15, -0.1) is 0 Å². The molecule has 0 heterocycles. The molecule has 0 fully saturated rings. The Morgan fingerprint density at radius 1 is 1.14 bits per heavy atom. The highest BCUT2D eigenvalue weighted by Gasteiger charge is 2.12. The number of ether oxygens (including phenoxy) is 2. The van der Waals surface area contributed by atoms with Gasteiger partial charge in [-0.1, -0.05) is 6.07 Å². The van der Waals surface area contributed by atoms with E-state index in [4.69, 9.17) is 4.74 Å². The van der Waals surface area contributed by atoms with Gasteiger partial charge in [-0.25, -0.2) is 4.79 Å². The van der Waals surface area contributed by atoms with Crippen molar-refractivity contribution in [2.75, 3.05) is 7.11 Å². The van der Waals surface area contributed by atoms with Crippen molar-refractivity contribution < 1.29 is 19.1 Å². The molecule has 0 bridgehead atoms. The minimum Gasteiger partial charge on any atom is -0.465 e. The fourth-order valence-corrected chi connectivity index (χ4v) is 2.23. The Morgan fingerprint density at radius 2 is 1.81 bits per heavy atom. The van der Waals surface area contributed by atoms with Crippen molar-refractivity contribution in [2.45, 2.75) is 6.92 Å². The fraction of sp³-hybridized carbons (Fsp3) is 0.125. The van der Waals surface area contributed by atoms with Gasteiger partial charge in [0.1, 0.15) is 11.5 Å². The lowest BCUT2D eigenvalue weighted by Crippen LogP contribution is -2.00. The van der Waals surface area contributed by atoms with Gasteiger partial charge in [0, 0.05) is 4.47 Å². The van der Waals surface area contributed by atoms with E-state index in [-0.39, 0.29) is 0 Å². The maximum Gasteiger partial charge on any atom is 0.337 e. The maximum absolute atomic E-state index is 11.4. The van der Waals surface area contributed by atoms with Gasteiger partial charge in [-0.05, 0) is 58.7 Å². The molecule has 0 saturated heterocycles. The molecule has 2 rings (SSSR count). The second-order valence-corrected chi connectivity index (χ2v) is 5.20. The zero-order chi connectivity index (χ0) is 15.4. The normalized spacial score (nSPS) is 10.0. The lowest BCUT2D eigenvalue weighted by molar-refractivity contribution is 0.0600. The first-order chi connectivity index (χ1) is 10.1. The molecule has 0 spiro atoms. The molecule has 0 aliphatic rings. The average molecular weight is 349 g/mol. The third kappa shape index (κ3) is 3.31. The monoisotopic (exact) mass is 348 g/mol. The van der Waals surface area contributed by atoms with E-state index in [1.807, 2.05) is 13.0 Å². The van der Waals surface area contributed by atoms with E-state index in [1.54, 1.807) is 30.3 Å². The Balaban J connectivity index is 2.32. The Kier molecular flexibility index (Phi) is 4.75. The summed E-state index contributed by atoms with van der Waals surface area (Å²) >= 11 is 3.32. The number of hydrogen-bond acceptors (Lipinski definition) is 4. The van der Waals surface area contributed by atoms with Crippen molar-refractivity contribution in [3.63, 3.8) is 0 Å². The summed E-state index contributed by atoms with van der Waals surface area (Å²) in [5.74, 6) is 0.617. The van der Waals surface area contributed by atoms with Gasteiger partial charge in [0.15, 0.2) is 6.29 Å². The molecule has 0 aromatic heterocycles. The zero-order valence-corrected chi connectivity index (χ0v) is 13.1. The largest absolute Gasteiger partial charge is 0.465 e. The van der Waals surface area contributed by atoms with Gasteiger partial charge in [0.05, 0.1) is 18.2 Å². The molecule has 0 aliphatic carbocycles. The molecule has 5 heteroatoms. The van der Waals surface area contributed by atoms with E-state index >= 15 is 0 Å². The van der Waals surface area contributed by atoms with Crippen LogP contribution in [0.15, 0.2) is 40.9 Å². The van der Waals surface area contributed by atoms with Crippen molar-refractivity contribution in [3.05, 3.63) is 57.6 Å². The lowest BCUT2D eigenvalue weighted by Gasteiger charge is -2.12. The molecule has 0 amide bonds. The van der Waals surface area contributed by atoms with Crippen LogP contribution in [0.2, 0.25) is 0 Å². The number of benzene rings is 2. The van der Waals surface area contributed by atoms with Crippen LogP contribution in [0.4, 0.5) is 0 Å². The predicted octanol–water partition coefficient (Wildman–Crippen LogP) is 4.15. The van der Waals surface area contributed by atoms with E-state index in [2.05, 4.69) is 20.7 Å². The smallest absolute Gasteiger partial charge is 0.337 e. The van der Waals surface area contributed by atoms with Gasteiger partial charge in [0.25, 0.3) is 0 Å². The molecule has 0 radical (unpaired) electrons.